The van der Waals surface area contributed by atoms with Gasteiger partial charge < -0.3 is 10.6 Å². The molecule has 6 heteroatoms. The molecule has 1 aromatic rings. The fraction of sp³-hybridized carbons (Fsp3) is 0.500. The Labute approximate surface area is 121 Å². The smallest absolute Gasteiger partial charge is 0.220 e. The number of aryl methyl sites for hydroxylation is 1. The van der Waals surface area contributed by atoms with Crippen molar-refractivity contribution in [2.75, 3.05) is 19.6 Å². The van der Waals surface area contributed by atoms with Crippen molar-refractivity contribution < 1.29 is 4.79 Å². The Hall–Kier alpha value is -0.840. The molecule has 1 amide bonds. The van der Waals surface area contributed by atoms with E-state index in [4.69, 9.17) is 0 Å². The number of likely N-dealkylation sites (N-methyl/N-ethyl adjacent to an activating group) is 1. The molecule has 0 aromatic carbocycles. The number of halogens is 2. The number of rotatable bonds is 7. The lowest BCUT2D eigenvalue weighted by Crippen LogP contribution is -2.31. The lowest BCUT2D eigenvalue weighted by molar-refractivity contribution is -0.121. The van der Waals surface area contributed by atoms with Crippen molar-refractivity contribution in [1.29, 1.82) is 0 Å². The van der Waals surface area contributed by atoms with Gasteiger partial charge in [-0.1, -0.05) is 6.92 Å². The zero-order chi connectivity index (χ0) is 11.6. The molecule has 18 heavy (non-hydrogen) atoms. The highest BCUT2D eigenvalue weighted by Gasteiger charge is 2.00. The molecular formula is C12H21Cl2N3O. The highest BCUT2D eigenvalue weighted by atomic mass is 35.5. The molecule has 0 aliphatic carbocycles. The molecule has 1 aromatic heterocycles. The molecule has 0 bridgehead atoms. The number of amides is 1. The van der Waals surface area contributed by atoms with Crippen LogP contribution >= 0.6 is 24.8 Å². The summed E-state index contributed by atoms with van der Waals surface area (Å²) in [6.07, 6.45) is 4.81. The summed E-state index contributed by atoms with van der Waals surface area (Å²) >= 11 is 0. The highest BCUT2D eigenvalue weighted by molar-refractivity contribution is 5.85. The van der Waals surface area contributed by atoms with Crippen LogP contribution in [0.4, 0.5) is 0 Å². The normalized spacial score (nSPS) is 8.94. The van der Waals surface area contributed by atoms with Crippen LogP contribution in [0.1, 0.15) is 18.9 Å². The van der Waals surface area contributed by atoms with Crippen molar-refractivity contribution in [1.82, 2.24) is 15.6 Å². The number of nitrogens with zero attached hydrogens (tertiary/aromatic N) is 1. The molecule has 0 fully saturated rings. The van der Waals surface area contributed by atoms with E-state index in [-0.39, 0.29) is 30.7 Å². The van der Waals surface area contributed by atoms with Gasteiger partial charge in [-0.3, -0.25) is 9.78 Å². The summed E-state index contributed by atoms with van der Waals surface area (Å²) in [4.78, 5) is 15.4. The predicted molar refractivity (Wildman–Crippen MR) is 78.6 cm³/mol. The Morgan fingerprint density at radius 1 is 1.22 bits per heavy atom. The Kier molecular flexibility index (Phi) is 13.7. The first-order valence-electron chi connectivity index (χ1n) is 5.69. The van der Waals surface area contributed by atoms with Crippen LogP contribution < -0.4 is 10.6 Å². The van der Waals surface area contributed by atoms with Gasteiger partial charge in [0, 0.05) is 31.9 Å². The van der Waals surface area contributed by atoms with Crippen LogP contribution in [0, 0.1) is 0 Å². The third kappa shape index (κ3) is 9.22. The SMILES string of the molecule is CCNCCNC(=O)CCc1ccncc1.Cl.Cl. The largest absolute Gasteiger partial charge is 0.355 e. The minimum atomic E-state index is 0. The van der Waals surface area contributed by atoms with E-state index in [1.54, 1.807) is 12.4 Å². The van der Waals surface area contributed by atoms with Crippen molar-refractivity contribution in [3.63, 3.8) is 0 Å². The van der Waals surface area contributed by atoms with Crippen LogP contribution in [0.25, 0.3) is 0 Å². The molecule has 2 N–H and O–H groups in total. The summed E-state index contributed by atoms with van der Waals surface area (Å²) in [6, 6.07) is 3.87. The maximum Gasteiger partial charge on any atom is 0.220 e. The first kappa shape index (κ1) is 19.5. The summed E-state index contributed by atoms with van der Waals surface area (Å²) in [5.41, 5.74) is 1.15. The molecule has 1 rings (SSSR count). The summed E-state index contributed by atoms with van der Waals surface area (Å²) in [7, 11) is 0. The minimum absolute atomic E-state index is 0. The van der Waals surface area contributed by atoms with Crippen molar-refractivity contribution in [3.8, 4) is 0 Å². The molecule has 0 aliphatic heterocycles. The first-order chi connectivity index (χ1) is 7.83. The van der Waals surface area contributed by atoms with E-state index in [1.165, 1.54) is 0 Å². The number of hydrogen-bond donors (Lipinski definition) is 2. The molecule has 104 valence electrons. The van der Waals surface area contributed by atoms with Gasteiger partial charge in [0.2, 0.25) is 5.91 Å². The Morgan fingerprint density at radius 2 is 1.89 bits per heavy atom. The minimum Gasteiger partial charge on any atom is -0.355 e. The molecular weight excluding hydrogens is 273 g/mol. The third-order valence-corrected chi connectivity index (χ3v) is 2.26. The zero-order valence-corrected chi connectivity index (χ0v) is 12.1. The van der Waals surface area contributed by atoms with Gasteiger partial charge in [0.15, 0.2) is 0 Å². The molecule has 0 saturated heterocycles. The zero-order valence-electron chi connectivity index (χ0n) is 10.5. The van der Waals surface area contributed by atoms with Gasteiger partial charge in [0.25, 0.3) is 0 Å². The Balaban J connectivity index is 0. The maximum absolute atomic E-state index is 11.4. The van der Waals surface area contributed by atoms with E-state index in [2.05, 4.69) is 15.6 Å². The molecule has 0 atom stereocenters. The standard InChI is InChI=1S/C12H19N3O.2ClH/c1-2-13-9-10-15-12(16)4-3-11-5-7-14-8-6-11;;/h5-8,13H,2-4,9-10H2,1H3,(H,15,16);2*1H. The van der Waals surface area contributed by atoms with Gasteiger partial charge in [-0.2, -0.15) is 0 Å². The van der Waals surface area contributed by atoms with Gasteiger partial charge >= 0.3 is 0 Å². The molecule has 0 spiro atoms. The average Bonchev–Trinajstić information content (AvgIpc) is 2.33. The van der Waals surface area contributed by atoms with Crippen LogP contribution in [0.3, 0.4) is 0 Å². The summed E-state index contributed by atoms with van der Waals surface area (Å²) < 4.78 is 0. The van der Waals surface area contributed by atoms with Crippen molar-refractivity contribution in [2.45, 2.75) is 19.8 Å². The molecule has 0 unspecified atom stereocenters. The van der Waals surface area contributed by atoms with E-state index in [1.807, 2.05) is 19.1 Å². The van der Waals surface area contributed by atoms with E-state index in [9.17, 15) is 4.79 Å². The fourth-order valence-corrected chi connectivity index (χ4v) is 1.36. The molecule has 1 heterocycles. The third-order valence-electron chi connectivity index (χ3n) is 2.26. The van der Waals surface area contributed by atoms with E-state index in [0.29, 0.717) is 13.0 Å². The molecule has 0 radical (unpaired) electrons. The van der Waals surface area contributed by atoms with Crippen LogP contribution in [-0.4, -0.2) is 30.5 Å². The monoisotopic (exact) mass is 293 g/mol. The number of pyridine rings is 1. The summed E-state index contributed by atoms with van der Waals surface area (Å²) in [6.45, 7) is 4.51. The highest BCUT2D eigenvalue weighted by Crippen LogP contribution is 2.00. The second-order valence-electron chi connectivity index (χ2n) is 3.56. The summed E-state index contributed by atoms with van der Waals surface area (Å²) in [5, 5.41) is 6.03. The van der Waals surface area contributed by atoms with Gasteiger partial charge in [0.05, 0.1) is 0 Å². The quantitative estimate of drug-likeness (QED) is 0.751. The number of carbonyl (C=O) groups excluding carboxylic acids is 1. The van der Waals surface area contributed by atoms with Gasteiger partial charge in [0.1, 0.15) is 0 Å². The summed E-state index contributed by atoms with van der Waals surface area (Å²) in [5.74, 6) is 0.106. The van der Waals surface area contributed by atoms with Crippen LogP contribution in [0.2, 0.25) is 0 Å². The topological polar surface area (TPSA) is 54.0 Å². The van der Waals surface area contributed by atoms with Gasteiger partial charge in [-0.15, -0.1) is 24.8 Å². The van der Waals surface area contributed by atoms with Crippen LogP contribution in [0.15, 0.2) is 24.5 Å². The van der Waals surface area contributed by atoms with E-state index >= 15 is 0 Å². The second-order valence-corrected chi connectivity index (χ2v) is 3.56. The lowest BCUT2D eigenvalue weighted by Gasteiger charge is -2.05. The average molecular weight is 294 g/mol. The number of hydrogen-bond acceptors (Lipinski definition) is 3. The van der Waals surface area contributed by atoms with E-state index in [0.717, 1.165) is 25.1 Å². The van der Waals surface area contributed by atoms with Crippen molar-refractivity contribution in [2.24, 2.45) is 0 Å². The second kappa shape index (κ2) is 12.6. The van der Waals surface area contributed by atoms with E-state index < -0.39 is 0 Å². The Bertz CT molecular complexity index is 309. The lowest BCUT2D eigenvalue weighted by atomic mass is 10.1. The number of carbonyl (C=O) groups is 1. The van der Waals surface area contributed by atoms with Gasteiger partial charge in [-0.05, 0) is 30.7 Å². The number of nitrogens with one attached hydrogen (secondary N) is 2. The van der Waals surface area contributed by atoms with Crippen LogP contribution in [0.5, 0.6) is 0 Å². The Morgan fingerprint density at radius 3 is 2.50 bits per heavy atom. The molecule has 0 aliphatic rings. The predicted octanol–water partition coefficient (Wildman–Crippen LogP) is 1.58. The van der Waals surface area contributed by atoms with Crippen LogP contribution in [-0.2, 0) is 11.2 Å². The fourth-order valence-electron chi connectivity index (χ4n) is 1.36. The maximum atomic E-state index is 11.4. The van der Waals surface area contributed by atoms with Gasteiger partial charge in [-0.25, -0.2) is 0 Å². The number of aromatic nitrogens is 1. The molecule has 0 saturated carbocycles. The van der Waals surface area contributed by atoms with Crippen molar-refractivity contribution in [3.05, 3.63) is 30.1 Å². The molecule has 4 nitrogen and oxygen atoms in total. The first-order valence-corrected chi connectivity index (χ1v) is 5.69. The van der Waals surface area contributed by atoms with Crippen molar-refractivity contribution >= 4 is 30.7 Å².